The summed E-state index contributed by atoms with van der Waals surface area (Å²) in [5, 5.41) is 4.30. The predicted molar refractivity (Wildman–Crippen MR) is 148 cm³/mol. The van der Waals surface area contributed by atoms with Gasteiger partial charge < -0.3 is 29.2 Å². The topological polar surface area (TPSA) is 116 Å². The zero-order valence-corrected chi connectivity index (χ0v) is 24.0. The van der Waals surface area contributed by atoms with Crippen LogP contribution in [0.2, 0.25) is 0 Å². The first-order valence-corrected chi connectivity index (χ1v) is 12.8. The number of likely N-dealkylation sites (tertiary alicyclic amines) is 1. The summed E-state index contributed by atoms with van der Waals surface area (Å²) >= 11 is 0. The van der Waals surface area contributed by atoms with Gasteiger partial charge in [0.25, 0.3) is 0 Å². The molecule has 39 heavy (non-hydrogen) atoms. The van der Waals surface area contributed by atoms with Crippen LogP contribution in [0.3, 0.4) is 0 Å². The van der Waals surface area contributed by atoms with Crippen molar-refractivity contribution in [2.24, 2.45) is 5.41 Å². The number of benzene rings is 1. The first kappa shape index (κ1) is 29.7. The van der Waals surface area contributed by atoms with Crippen LogP contribution in [-0.2, 0) is 19.1 Å². The Morgan fingerprint density at radius 3 is 2.41 bits per heavy atom. The fraction of sp³-hybridized carbons (Fsp3) is 0.517. The van der Waals surface area contributed by atoms with Gasteiger partial charge in [-0.25, -0.2) is 14.6 Å². The normalized spacial score (nSPS) is 18.3. The number of ether oxygens (including phenoxy) is 4. The van der Waals surface area contributed by atoms with Crippen LogP contribution in [0.5, 0.6) is 11.6 Å². The number of pyridine rings is 1. The van der Waals surface area contributed by atoms with Crippen molar-refractivity contribution in [3.63, 3.8) is 0 Å². The van der Waals surface area contributed by atoms with Gasteiger partial charge in [0, 0.05) is 23.6 Å². The molecule has 0 unspecified atom stereocenters. The van der Waals surface area contributed by atoms with Crippen LogP contribution in [0.1, 0.15) is 53.5 Å². The maximum Gasteiger partial charge on any atom is 0.408 e. The number of carbonyl (C=O) groups is 3. The van der Waals surface area contributed by atoms with Crippen LogP contribution in [0.15, 0.2) is 31.0 Å². The van der Waals surface area contributed by atoms with E-state index in [1.165, 1.54) is 12.0 Å². The fourth-order valence-electron chi connectivity index (χ4n) is 4.50. The summed E-state index contributed by atoms with van der Waals surface area (Å²) in [5.74, 6) is 0.0347. The molecule has 0 bridgehead atoms. The standard InChI is InChI=1S/C29H39N3O7/c1-10-17-13-20-18(14-22(17)36-8)11-12-30-24(20)38-19-15-21(26(34)37-9)32(16-19)25(33)23(28(2,3)4)31-27(35)39-29(5,6)7/h10-14,19,21,23H,1,15-16H2,2-9H3,(H,31,35)/t19-,21+,23-/m1/s1. The molecule has 0 saturated carbocycles. The summed E-state index contributed by atoms with van der Waals surface area (Å²) < 4.78 is 22.1. The van der Waals surface area contributed by atoms with Gasteiger partial charge in [-0.1, -0.05) is 33.4 Å². The lowest BCUT2D eigenvalue weighted by molar-refractivity contribution is -0.152. The third-order valence-corrected chi connectivity index (χ3v) is 6.37. The molecule has 10 nitrogen and oxygen atoms in total. The molecule has 0 spiro atoms. The lowest BCUT2D eigenvalue weighted by atomic mass is 9.85. The molecule has 1 aliphatic heterocycles. The number of hydrogen-bond acceptors (Lipinski definition) is 8. The number of fused-ring (bicyclic) bond motifs is 1. The van der Waals surface area contributed by atoms with Crippen molar-refractivity contribution in [3.8, 4) is 11.6 Å². The number of esters is 1. The first-order chi connectivity index (χ1) is 18.2. The number of nitrogens with one attached hydrogen (secondary N) is 1. The highest BCUT2D eigenvalue weighted by Gasteiger charge is 2.46. The van der Waals surface area contributed by atoms with Gasteiger partial charge in [0.05, 0.1) is 20.8 Å². The number of hydrogen-bond donors (Lipinski definition) is 1. The van der Waals surface area contributed by atoms with Crippen LogP contribution < -0.4 is 14.8 Å². The highest BCUT2D eigenvalue weighted by molar-refractivity contribution is 5.92. The van der Waals surface area contributed by atoms with Crippen molar-refractivity contribution >= 4 is 34.8 Å². The van der Waals surface area contributed by atoms with Gasteiger partial charge in [0.2, 0.25) is 11.8 Å². The Bertz CT molecular complexity index is 1250. The maximum absolute atomic E-state index is 13.8. The number of alkyl carbamates (subject to hydrolysis) is 1. The van der Waals surface area contributed by atoms with Crippen molar-refractivity contribution in [2.75, 3.05) is 20.8 Å². The number of methoxy groups -OCH3 is 2. The van der Waals surface area contributed by atoms with Crippen molar-refractivity contribution < 1.29 is 33.3 Å². The van der Waals surface area contributed by atoms with E-state index in [1.54, 1.807) is 40.2 Å². The van der Waals surface area contributed by atoms with Crippen LogP contribution in [-0.4, -0.2) is 72.4 Å². The van der Waals surface area contributed by atoms with Crippen molar-refractivity contribution in [1.82, 2.24) is 15.2 Å². The molecule has 10 heteroatoms. The van der Waals surface area contributed by atoms with E-state index in [2.05, 4.69) is 16.9 Å². The van der Waals surface area contributed by atoms with Crippen LogP contribution >= 0.6 is 0 Å². The minimum Gasteiger partial charge on any atom is -0.496 e. The number of amides is 2. The summed E-state index contributed by atoms with van der Waals surface area (Å²) in [6.07, 6.45) is 2.24. The average molecular weight is 542 g/mol. The molecule has 2 aromatic rings. The average Bonchev–Trinajstić information content (AvgIpc) is 3.27. The number of rotatable bonds is 7. The Morgan fingerprint density at radius 2 is 1.85 bits per heavy atom. The molecule has 1 saturated heterocycles. The summed E-state index contributed by atoms with van der Waals surface area (Å²) in [7, 11) is 2.86. The van der Waals surface area contributed by atoms with Crippen LogP contribution in [0.4, 0.5) is 4.79 Å². The second-order valence-corrected chi connectivity index (χ2v) is 11.6. The molecule has 1 aliphatic rings. The third-order valence-electron chi connectivity index (χ3n) is 6.37. The molecular formula is C29H39N3O7. The van der Waals surface area contributed by atoms with Gasteiger partial charge in [0.15, 0.2) is 0 Å². The van der Waals surface area contributed by atoms with Gasteiger partial charge in [-0.2, -0.15) is 0 Å². The van der Waals surface area contributed by atoms with E-state index in [1.807, 2.05) is 39.0 Å². The van der Waals surface area contributed by atoms with E-state index in [0.29, 0.717) is 11.6 Å². The monoisotopic (exact) mass is 541 g/mol. The Kier molecular flexibility index (Phi) is 8.77. The molecule has 1 N–H and O–H groups in total. The molecular weight excluding hydrogens is 502 g/mol. The fourth-order valence-corrected chi connectivity index (χ4v) is 4.50. The Hall–Kier alpha value is -3.82. The molecule has 0 aliphatic carbocycles. The zero-order valence-electron chi connectivity index (χ0n) is 24.0. The first-order valence-electron chi connectivity index (χ1n) is 12.8. The van der Waals surface area contributed by atoms with E-state index in [9.17, 15) is 14.4 Å². The Labute approximate surface area is 229 Å². The van der Waals surface area contributed by atoms with Gasteiger partial charge >= 0.3 is 12.1 Å². The summed E-state index contributed by atoms with van der Waals surface area (Å²) in [6, 6.07) is 3.74. The van der Waals surface area contributed by atoms with Crippen LogP contribution in [0.25, 0.3) is 16.8 Å². The number of aromatic nitrogens is 1. The number of nitrogens with zero attached hydrogens (tertiary/aromatic N) is 2. The van der Waals surface area contributed by atoms with Crippen molar-refractivity contribution in [2.45, 2.75) is 71.8 Å². The smallest absolute Gasteiger partial charge is 0.408 e. The maximum atomic E-state index is 13.8. The Balaban J connectivity index is 1.90. The molecule has 1 aromatic heterocycles. The largest absolute Gasteiger partial charge is 0.496 e. The van der Waals surface area contributed by atoms with Gasteiger partial charge in [-0.05, 0) is 49.8 Å². The summed E-state index contributed by atoms with van der Waals surface area (Å²) in [4.78, 5) is 45.0. The van der Waals surface area contributed by atoms with Crippen LogP contribution in [0, 0.1) is 5.41 Å². The molecule has 3 atom stereocenters. The van der Waals surface area contributed by atoms with Gasteiger partial charge in [-0.3, -0.25) is 4.79 Å². The Morgan fingerprint density at radius 1 is 1.15 bits per heavy atom. The minimum absolute atomic E-state index is 0.101. The van der Waals surface area contributed by atoms with E-state index in [-0.39, 0.29) is 13.0 Å². The van der Waals surface area contributed by atoms with E-state index >= 15 is 0 Å². The lowest BCUT2D eigenvalue weighted by Gasteiger charge is -2.35. The predicted octanol–water partition coefficient (Wildman–Crippen LogP) is 4.35. The summed E-state index contributed by atoms with van der Waals surface area (Å²) in [5.41, 5.74) is -0.637. The van der Waals surface area contributed by atoms with E-state index < -0.39 is 47.2 Å². The molecule has 1 aromatic carbocycles. The van der Waals surface area contributed by atoms with Gasteiger partial charge in [-0.15, -0.1) is 0 Å². The third kappa shape index (κ3) is 6.99. The highest BCUT2D eigenvalue weighted by Crippen LogP contribution is 2.34. The molecule has 2 heterocycles. The molecule has 0 radical (unpaired) electrons. The SMILES string of the molecule is C=Cc1cc2c(O[C@@H]3C[C@@H](C(=O)OC)N(C(=O)[C@@H](NC(=O)OC(C)(C)C)C(C)(C)C)C3)nccc2cc1OC. The second kappa shape index (κ2) is 11.5. The molecule has 212 valence electrons. The highest BCUT2D eigenvalue weighted by atomic mass is 16.6. The van der Waals surface area contributed by atoms with Crippen molar-refractivity contribution in [3.05, 3.63) is 36.5 Å². The zero-order chi connectivity index (χ0) is 29.1. The lowest BCUT2D eigenvalue weighted by Crippen LogP contribution is -2.57. The molecule has 1 fully saturated rings. The molecule has 2 amide bonds. The van der Waals surface area contributed by atoms with E-state index in [0.717, 1.165) is 16.3 Å². The van der Waals surface area contributed by atoms with E-state index in [4.69, 9.17) is 18.9 Å². The second-order valence-electron chi connectivity index (χ2n) is 11.6. The number of carbonyl (C=O) groups excluding carboxylic acids is 3. The van der Waals surface area contributed by atoms with Crippen molar-refractivity contribution in [1.29, 1.82) is 0 Å². The molecule has 3 rings (SSSR count). The van der Waals surface area contributed by atoms with Gasteiger partial charge in [0.1, 0.15) is 29.5 Å². The quantitative estimate of drug-likeness (QED) is 0.515. The minimum atomic E-state index is -0.962. The summed E-state index contributed by atoms with van der Waals surface area (Å²) in [6.45, 7) is 14.7.